The van der Waals surface area contributed by atoms with E-state index in [-0.39, 0.29) is 23.4 Å². The van der Waals surface area contributed by atoms with Gasteiger partial charge >= 0.3 is 0 Å². The summed E-state index contributed by atoms with van der Waals surface area (Å²) in [5.74, 6) is -0.0401. The molecule has 10 rings (SSSR count). The number of pyridine rings is 2. The predicted molar refractivity (Wildman–Crippen MR) is 221 cm³/mol. The van der Waals surface area contributed by atoms with Crippen molar-refractivity contribution in [2.45, 2.75) is 12.8 Å². The van der Waals surface area contributed by atoms with Crippen LogP contribution in [-0.2, 0) is 12.8 Å². The van der Waals surface area contributed by atoms with Crippen molar-refractivity contribution in [2.75, 3.05) is 24.1 Å². The Balaban J connectivity index is 0.000000137. The molecule has 2 aliphatic rings. The molecule has 10 nitrogen and oxygen atoms in total. The van der Waals surface area contributed by atoms with E-state index in [4.69, 9.17) is 22.3 Å². The number of hydrogen-bond donors (Lipinski definition) is 6. The molecular weight excluding hydrogens is 746 g/mol. The first kappa shape index (κ1) is 36.9. The van der Waals surface area contributed by atoms with Crippen LogP contribution in [0.1, 0.15) is 32.1 Å². The Bertz CT molecular complexity index is 2780. The Morgan fingerprint density at radius 3 is 1.68 bits per heavy atom. The van der Waals surface area contributed by atoms with Crippen LogP contribution in [0.25, 0.3) is 44.3 Å². The Hall–Kier alpha value is -7.05. The molecule has 6 heterocycles. The van der Waals surface area contributed by atoms with E-state index >= 15 is 0 Å². The number of aromatic amines is 2. The second kappa shape index (κ2) is 16.0. The molecular formula is C44H35ClF2N8O2. The van der Waals surface area contributed by atoms with Crippen LogP contribution in [0.5, 0.6) is 0 Å². The Morgan fingerprint density at radius 1 is 0.596 bits per heavy atom. The Kier molecular flexibility index (Phi) is 10.3. The Morgan fingerprint density at radius 2 is 1.14 bits per heavy atom. The summed E-state index contributed by atoms with van der Waals surface area (Å²) < 4.78 is 25.5. The fourth-order valence-electron chi connectivity index (χ4n) is 6.87. The van der Waals surface area contributed by atoms with E-state index in [2.05, 4.69) is 30.9 Å². The molecule has 4 aromatic carbocycles. The summed E-state index contributed by atoms with van der Waals surface area (Å²) in [7, 11) is 0. The largest absolute Gasteiger partial charge is 0.399 e. The van der Waals surface area contributed by atoms with E-state index < -0.39 is 0 Å². The normalized spacial score (nSPS) is 13.0. The van der Waals surface area contributed by atoms with Gasteiger partial charge in [-0.1, -0.05) is 60.1 Å². The average Bonchev–Trinajstić information content (AvgIpc) is 3.85. The van der Waals surface area contributed by atoms with Crippen LogP contribution in [0.3, 0.4) is 0 Å². The molecule has 7 N–H and O–H groups in total. The Labute approximate surface area is 330 Å². The first-order chi connectivity index (χ1) is 27.7. The zero-order valence-corrected chi connectivity index (χ0v) is 31.1. The molecule has 284 valence electrons. The molecule has 57 heavy (non-hydrogen) atoms. The van der Waals surface area contributed by atoms with Crippen molar-refractivity contribution >= 4 is 62.4 Å². The van der Waals surface area contributed by atoms with Crippen LogP contribution >= 0.6 is 11.6 Å². The van der Waals surface area contributed by atoms with Crippen LogP contribution in [0.4, 0.5) is 26.0 Å². The molecule has 2 amide bonds. The lowest BCUT2D eigenvalue weighted by Gasteiger charge is -2.11. The van der Waals surface area contributed by atoms with E-state index in [0.717, 1.165) is 74.1 Å². The molecule has 0 radical (unpaired) electrons. The molecule has 0 spiro atoms. The van der Waals surface area contributed by atoms with E-state index in [0.29, 0.717) is 41.0 Å². The molecule has 8 aromatic rings. The van der Waals surface area contributed by atoms with Gasteiger partial charge in [0.15, 0.2) is 0 Å². The summed E-state index contributed by atoms with van der Waals surface area (Å²) in [5, 5.41) is 11.3. The highest BCUT2D eigenvalue weighted by atomic mass is 35.5. The van der Waals surface area contributed by atoms with Gasteiger partial charge in [-0.05, 0) is 72.8 Å². The first-order valence-electron chi connectivity index (χ1n) is 18.2. The van der Waals surface area contributed by atoms with Gasteiger partial charge in [0.05, 0.1) is 22.2 Å². The quantitative estimate of drug-likeness (QED) is 0.0775. The zero-order chi connectivity index (χ0) is 39.5. The lowest BCUT2D eigenvalue weighted by atomic mass is 10.1. The average molecular weight is 781 g/mol. The number of benzene rings is 4. The van der Waals surface area contributed by atoms with Crippen molar-refractivity contribution < 1.29 is 18.4 Å². The molecule has 13 heteroatoms. The van der Waals surface area contributed by atoms with Crippen molar-refractivity contribution in [3.05, 3.63) is 161 Å². The number of aromatic nitrogens is 4. The maximum Gasteiger partial charge on any atom is 0.253 e. The van der Waals surface area contributed by atoms with Gasteiger partial charge in [-0.25, -0.2) is 18.7 Å². The third kappa shape index (κ3) is 8.17. The molecule has 0 unspecified atom stereocenters. The zero-order valence-electron chi connectivity index (χ0n) is 30.3. The molecule has 0 saturated heterocycles. The summed E-state index contributed by atoms with van der Waals surface area (Å²) in [6.45, 7) is 1.31. The topological polar surface area (TPSA) is 154 Å². The molecule has 0 aliphatic carbocycles. The first-order valence-corrected chi connectivity index (χ1v) is 18.6. The highest BCUT2D eigenvalue weighted by Gasteiger charge is 2.22. The van der Waals surface area contributed by atoms with Crippen LogP contribution in [0, 0.1) is 11.6 Å². The van der Waals surface area contributed by atoms with Crippen LogP contribution in [0.15, 0.2) is 121 Å². The van der Waals surface area contributed by atoms with Crippen LogP contribution < -0.4 is 21.7 Å². The highest BCUT2D eigenvalue weighted by Crippen LogP contribution is 2.32. The summed E-state index contributed by atoms with van der Waals surface area (Å²) in [6, 6.07) is 35.4. The van der Waals surface area contributed by atoms with Crippen molar-refractivity contribution in [1.82, 2.24) is 30.6 Å². The molecule has 0 bridgehead atoms. The number of fused-ring (bicyclic) bond motifs is 4. The van der Waals surface area contributed by atoms with Crippen molar-refractivity contribution in [2.24, 2.45) is 0 Å². The number of halogens is 3. The highest BCUT2D eigenvalue weighted by molar-refractivity contribution is 6.29. The number of anilines is 3. The molecule has 2 aliphatic heterocycles. The number of rotatable bonds is 4. The number of para-hydroxylation sites is 2. The second-order valence-corrected chi connectivity index (χ2v) is 13.8. The molecule has 4 aromatic heterocycles. The summed E-state index contributed by atoms with van der Waals surface area (Å²) in [4.78, 5) is 39.9. The predicted octanol–water partition coefficient (Wildman–Crippen LogP) is 8.98. The number of nitrogens with zero attached hydrogens (tertiary/aromatic N) is 2. The lowest BCUT2D eigenvalue weighted by molar-refractivity contribution is 0.0937. The van der Waals surface area contributed by atoms with Gasteiger partial charge in [0, 0.05) is 82.0 Å². The number of nitrogens with two attached hydrogens (primary N) is 1. The summed E-state index contributed by atoms with van der Waals surface area (Å²) in [5.41, 5.74) is 14.9. The van der Waals surface area contributed by atoms with E-state index in [1.165, 1.54) is 24.3 Å². The third-order valence-electron chi connectivity index (χ3n) is 9.54. The van der Waals surface area contributed by atoms with Gasteiger partial charge in [-0.2, -0.15) is 0 Å². The smallest absolute Gasteiger partial charge is 0.253 e. The molecule has 0 atom stereocenters. The number of H-pyrrole nitrogens is 2. The van der Waals surface area contributed by atoms with Crippen LogP contribution in [0.2, 0.25) is 5.15 Å². The number of amides is 2. The van der Waals surface area contributed by atoms with Crippen LogP contribution in [-0.4, -0.2) is 44.8 Å². The number of nitrogen functional groups attached to an aromatic ring is 1. The van der Waals surface area contributed by atoms with E-state index in [9.17, 15) is 18.4 Å². The maximum absolute atomic E-state index is 13.5. The fourth-order valence-corrected chi connectivity index (χ4v) is 7.02. The van der Waals surface area contributed by atoms with E-state index in [1.807, 2.05) is 66.7 Å². The fraction of sp³-hybridized carbons (Fsp3) is 0.0909. The van der Waals surface area contributed by atoms with Crippen molar-refractivity contribution in [3.63, 3.8) is 0 Å². The van der Waals surface area contributed by atoms with Gasteiger partial charge in [0.1, 0.15) is 22.6 Å². The van der Waals surface area contributed by atoms with Gasteiger partial charge in [-0.15, -0.1) is 0 Å². The van der Waals surface area contributed by atoms with Crippen molar-refractivity contribution in [1.29, 1.82) is 0 Å². The van der Waals surface area contributed by atoms with Crippen molar-refractivity contribution in [3.8, 4) is 22.5 Å². The standard InChI is InChI=1S/C22H17FN4O.C16H12ClN3O.C6H6FN/c23-14-4-2-5-15(11-14)25-20-8-7-13-3-1-6-16(21(13)27-20)19-12-17-18(26-19)9-10-24-22(17)28;17-14-5-4-9-2-1-3-10(15(9)20-14)13-8-11-12(19-13)6-7-18-16(11)21;7-5-2-1-3-6(8)4-5/h1-8,11-12,26H,9-10H2,(H,24,28)(H,25,27);1-5,8,19H,6-7H2,(H,18,21);1-4H,8H2. The SMILES string of the molecule is Nc1cccc(F)c1.O=C1NCCc2[nH]c(-c3cccc4ccc(Cl)nc34)cc21.O=C1NCCc2[nH]c(-c3cccc4ccc(Nc5cccc(F)c5)nc34)cc21. The van der Waals surface area contributed by atoms with E-state index in [1.54, 1.807) is 30.3 Å². The summed E-state index contributed by atoms with van der Waals surface area (Å²) in [6.07, 6.45) is 1.60. The number of hydrogen-bond acceptors (Lipinski definition) is 6. The minimum Gasteiger partial charge on any atom is -0.399 e. The summed E-state index contributed by atoms with van der Waals surface area (Å²) >= 11 is 6.02. The number of carbonyl (C=O) groups is 2. The van der Waals surface area contributed by atoms with Gasteiger partial charge in [0.25, 0.3) is 11.8 Å². The number of nitrogens with one attached hydrogen (secondary N) is 5. The molecule has 0 saturated carbocycles. The van der Waals surface area contributed by atoms with Gasteiger partial charge in [0.2, 0.25) is 0 Å². The second-order valence-electron chi connectivity index (χ2n) is 13.4. The maximum atomic E-state index is 13.5. The third-order valence-corrected chi connectivity index (χ3v) is 9.75. The minimum absolute atomic E-state index is 0.0232. The lowest BCUT2D eigenvalue weighted by Crippen LogP contribution is -2.31. The molecule has 0 fully saturated rings. The monoisotopic (exact) mass is 780 g/mol. The minimum atomic E-state index is -0.304. The van der Waals surface area contributed by atoms with Gasteiger partial charge in [-0.3, -0.25) is 9.59 Å². The number of carbonyl (C=O) groups excluding carboxylic acids is 2. The van der Waals surface area contributed by atoms with Gasteiger partial charge < -0.3 is 31.7 Å².